The van der Waals surface area contributed by atoms with Crippen LogP contribution >= 0.6 is 0 Å². The number of halogens is 6. The van der Waals surface area contributed by atoms with E-state index in [1.54, 1.807) is 0 Å². The molecule has 27 heavy (non-hydrogen) atoms. The van der Waals surface area contributed by atoms with Gasteiger partial charge in [0.25, 0.3) is 5.69 Å². The molecule has 0 N–H and O–H groups in total. The zero-order valence-electron chi connectivity index (χ0n) is 15.4. The molecule has 5 nitrogen and oxygen atoms in total. The number of benzene rings is 1. The van der Waals surface area contributed by atoms with Crippen molar-refractivity contribution < 1.29 is 31.3 Å². The number of alkyl halides is 6. The molecule has 1 atom stereocenters. The molecule has 1 aromatic carbocycles. The Bertz CT molecular complexity index is 671. The van der Waals surface area contributed by atoms with Crippen molar-refractivity contribution in [2.24, 2.45) is 5.10 Å². The minimum atomic E-state index is -4.87. The third-order valence-electron chi connectivity index (χ3n) is 3.41. The highest BCUT2D eigenvalue weighted by molar-refractivity contribution is 5.87. The normalized spacial score (nSPS) is 13.5. The second-order valence-corrected chi connectivity index (χ2v) is 5.38. The molecule has 0 aliphatic heterocycles. The molecule has 0 amide bonds. The van der Waals surface area contributed by atoms with Gasteiger partial charge >= 0.3 is 12.4 Å². The van der Waals surface area contributed by atoms with Crippen molar-refractivity contribution in [3.63, 3.8) is 0 Å². The number of hydrazone groups is 1. The van der Waals surface area contributed by atoms with Crippen LogP contribution < -0.4 is 0 Å². The number of nitrogens with zero attached hydrogens (tertiary/aromatic N) is 3. The average molecular weight is 401 g/mol. The summed E-state index contributed by atoms with van der Waals surface area (Å²) >= 11 is 0. The standard InChI is InChI=1S/C14H15F6N3O2.C2H6/c1-8-6-11(4-5-12(8)23(24)25)7-22(10(3)14(18,19)20)21-9(2)13(15,16)17;1-2/h4-6,10H,7H2,1-3H3;1-2H3/b21-9+;. The van der Waals surface area contributed by atoms with Gasteiger partial charge in [-0.05, 0) is 32.4 Å². The SMILES string of the molecule is C/C(=N\N(Cc1ccc([N+](=O)[O-])c(C)c1)C(C)C(F)(F)F)C(F)(F)F.CC. The van der Waals surface area contributed by atoms with E-state index in [1.165, 1.54) is 19.1 Å². The van der Waals surface area contributed by atoms with Crippen LogP contribution in [0.4, 0.5) is 32.0 Å². The molecule has 11 heteroatoms. The number of aryl methyl sites for hydroxylation is 1. The van der Waals surface area contributed by atoms with Crippen LogP contribution in [0.15, 0.2) is 23.3 Å². The molecular formula is C16H21F6N3O2. The van der Waals surface area contributed by atoms with E-state index < -0.39 is 35.6 Å². The molecule has 1 aromatic rings. The van der Waals surface area contributed by atoms with Crippen LogP contribution in [0.1, 0.15) is 38.8 Å². The monoisotopic (exact) mass is 401 g/mol. The van der Waals surface area contributed by atoms with Crippen LogP contribution in [0.25, 0.3) is 0 Å². The molecule has 0 fully saturated rings. The van der Waals surface area contributed by atoms with E-state index >= 15 is 0 Å². The van der Waals surface area contributed by atoms with Crippen molar-refractivity contribution in [2.75, 3.05) is 0 Å². The maximum absolute atomic E-state index is 12.9. The third-order valence-corrected chi connectivity index (χ3v) is 3.41. The highest BCUT2D eigenvalue weighted by atomic mass is 19.4. The third kappa shape index (κ3) is 7.43. The van der Waals surface area contributed by atoms with Crippen molar-refractivity contribution in [1.29, 1.82) is 0 Å². The van der Waals surface area contributed by atoms with E-state index in [2.05, 4.69) is 5.10 Å². The van der Waals surface area contributed by atoms with Crippen LogP contribution in [-0.4, -0.2) is 34.0 Å². The first-order valence-corrected chi connectivity index (χ1v) is 7.93. The van der Waals surface area contributed by atoms with Crippen molar-refractivity contribution >= 4 is 11.4 Å². The molecule has 0 aliphatic carbocycles. The molecule has 0 spiro atoms. The Labute approximate surface area is 152 Å². The second-order valence-electron chi connectivity index (χ2n) is 5.38. The molecule has 0 radical (unpaired) electrons. The molecule has 1 unspecified atom stereocenters. The van der Waals surface area contributed by atoms with Gasteiger partial charge in [-0.3, -0.25) is 15.1 Å². The molecule has 0 heterocycles. The molecule has 0 saturated heterocycles. The van der Waals surface area contributed by atoms with E-state index in [1.807, 2.05) is 13.8 Å². The maximum Gasteiger partial charge on any atom is 0.430 e. The van der Waals surface area contributed by atoms with E-state index in [-0.39, 0.29) is 21.8 Å². The maximum atomic E-state index is 12.9. The summed E-state index contributed by atoms with van der Waals surface area (Å²) in [6, 6.07) is 1.23. The van der Waals surface area contributed by atoms with Gasteiger partial charge in [0.2, 0.25) is 0 Å². The molecule has 0 saturated carbocycles. The minimum Gasteiger partial charge on any atom is -0.280 e. The summed E-state index contributed by atoms with van der Waals surface area (Å²) in [5.74, 6) is 0. The number of rotatable bonds is 5. The molecular weight excluding hydrogens is 380 g/mol. The summed E-state index contributed by atoms with van der Waals surface area (Å²) in [6.45, 7) is 6.04. The lowest BCUT2D eigenvalue weighted by Crippen LogP contribution is -2.41. The quantitative estimate of drug-likeness (QED) is 0.278. The first kappa shape index (κ1) is 24.7. The minimum absolute atomic E-state index is 0.165. The fraction of sp³-hybridized carbons (Fsp3) is 0.562. The second kappa shape index (κ2) is 9.56. The predicted molar refractivity (Wildman–Crippen MR) is 89.4 cm³/mol. The van der Waals surface area contributed by atoms with Gasteiger partial charge in [0.1, 0.15) is 11.8 Å². The van der Waals surface area contributed by atoms with Gasteiger partial charge in [0.15, 0.2) is 0 Å². The van der Waals surface area contributed by atoms with Crippen molar-refractivity contribution in [3.05, 3.63) is 39.4 Å². The van der Waals surface area contributed by atoms with E-state index in [4.69, 9.17) is 0 Å². The first-order chi connectivity index (χ1) is 12.2. The lowest BCUT2D eigenvalue weighted by molar-refractivity contribution is -0.385. The number of nitro benzene ring substituents is 1. The largest absolute Gasteiger partial charge is 0.430 e. The summed E-state index contributed by atoms with van der Waals surface area (Å²) in [6.07, 6.45) is -9.67. The average Bonchev–Trinajstić information content (AvgIpc) is 2.53. The van der Waals surface area contributed by atoms with Gasteiger partial charge in [-0.2, -0.15) is 31.4 Å². The van der Waals surface area contributed by atoms with Crippen molar-refractivity contribution in [3.8, 4) is 0 Å². The summed E-state index contributed by atoms with van der Waals surface area (Å²) in [7, 11) is 0. The van der Waals surface area contributed by atoms with Crippen molar-refractivity contribution in [1.82, 2.24) is 5.01 Å². The van der Waals surface area contributed by atoms with E-state index in [9.17, 15) is 36.5 Å². The van der Waals surface area contributed by atoms with Crippen LogP contribution in [0.2, 0.25) is 0 Å². The van der Waals surface area contributed by atoms with Gasteiger partial charge in [0.05, 0.1) is 11.5 Å². The number of nitro groups is 1. The Morgan fingerprint density at radius 3 is 2.11 bits per heavy atom. The Kier molecular flexibility index (Phi) is 8.74. The predicted octanol–water partition coefficient (Wildman–Crippen LogP) is 5.62. The van der Waals surface area contributed by atoms with Crippen LogP contribution in [0.5, 0.6) is 0 Å². The summed E-state index contributed by atoms with van der Waals surface area (Å²) in [5, 5.41) is 14.1. The molecule has 0 bridgehead atoms. The zero-order chi connectivity index (χ0) is 21.6. The number of hydrogen-bond donors (Lipinski definition) is 0. The van der Waals surface area contributed by atoms with Crippen LogP contribution in [0.3, 0.4) is 0 Å². The van der Waals surface area contributed by atoms with Gasteiger partial charge in [-0.15, -0.1) is 0 Å². The van der Waals surface area contributed by atoms with E-state index in [0.29, 0.717) is 13.8 Å². The van der Waals surface area contributed by atoms with Gasteiger partial charge < -0.3 is 0 Å². The Morgan fingerprint density at radius 2 is 1.74 bits per heavy atom. The summed E-state index contributed by atoms with van der Waals surface area (Å²) in [5.41, 5.74) is -1.33. The fourth-order valence-corrected chi connectivity index (χ4v) is 1.89. The lowest BCUT2D eigenvalue weighted by atomic mass is 10.1. The molecule has 154 valence electrons. The highest BCUT2D eigenvalue weighted by Gasteiger charge is 2.41. The molecule has 0 aromatic heterocycles. The Balaban J connectivity index is 0.00000326. The van der Waals surface area contributed by atoms with Gasteiger partial charge in [0, 0.05) is 11.6 Å². The summed E-state index contributed by atoms with van der Waals surface area (Å²) < 4.78 is 76.6. The first-order valence-electron chi connectivity index (χ1n) is 7.93. The highest BCUT2D eigenvalue weighted by Crippen LogP contribution is 2.28. The number of hydrogen-bond acceptors (Lipinski definition) is 4. The molecule has 0 aliphatic rings. The van der Waals surface area contributed by atoms with Gasteiger partial charge in [-0.25, -0.2) is 0 Å². The van der Waals surface area contributed by atoms with Crippen LogP contribution in [0, 0.1) is 17.0 Å². The Morgan fingerprint density at radius 1 is 1.22 bits per heavy atom. The molecule has 1 rings (SSSR count). The Hall–Kier alpha value is -2.33. The van der Waals surface area contributed by atoms with E-state index in [0.717, 1.165) is 6.07 Å². The fourth-order valence-electron chi connectivity index (χ4n) is 1.89. The van der Waals surface area contributed by atoms with Gasteiger partial charge in [-0.1, -0.05) is 19.9 Å². The lowest BCUT2D eigenvalue weighted by Gasteiger charge is -2.29. The van der Waals surface area contributed by atoms with Crippen molar-refractivity contribution in [2.45, 2.75) is 59.6 Å². The van der Waals surface area contributed by atoms with Crippen LogP contribution in [-0.2, 0) is 6.54 Å². The topological polar surface area (TPSA) is 58.7 Å². The zero-order valence-corrected chi connectivity index (χ0v) is 15.4. The smallest absolute Gasteiger partial charge is 0.280 e. The summed E-state index contributed by atoms with van der Waals surface area (Å²) in [4.78, 5) is 10.1.